The van der Waals surface area contributed by atoms with Crippen molar-refractivity contribution in [2.45, 2.75) is 25.8 Å². The molecule has 1 amide bonds. The molecule has 0 saturated carbocycles. The Morgan fingerprint density at radius 2 is 2.12 bits per heavy atom. The summed E-state index contributed by atoms with van der Waals surface area (Å²) >= 11 is 0. The van der Waals surface area contributed by atoms with E-state index in [0.717, 1.165) is 12.8 Å². The van der Waals surface area contributed by atoms with Crippen LogP contribution in [0.25, 0.3) is 5.69 Å². The summed E-state index contributed by atoms with van der Waals surface area (Å²) in [7, 11) is 0. The van der Waals surface area contributed by atoms with Gasteiger partial charge in [0.2, 0.25) is 5.43 Å². The van der Waals surface area contributed by atoms with Crippen molar-refractivity contribution in [2.75, 3.05) is 13.1 Å². The van der Waals surface area contributed by atoms with Crippen molar-refractivity contribution in [2.24, 2.45) is 5.73 Å². The standard InChI is InChI=1S/C17H19FN4O2.ClH/c1-11-9-15(23)16(17(24)21-8-4-5-12(21)10-19)20-22(11)14-7-3-2-6-13(14)18;/h2-3,6-7,9,12H,4-5,8,10,19H2,1H3;1H. The Morgan fingerprint density at radius 3 is 2.80 bits per heavy atom. The zero-order valence-corrected chi connectivity index (χ0v) is 14.6. The molecule has 1 saturated heterocycles. The van der Waals surface area contributed by atoms with Crippen molar-refractivity contribution in [3.05, 3.63) is 57.8 Å². The molecule has 2 N–H and O–H groups in total. The van der Waals surface area contributed by atoms with Gasteiger partial charge in [-0.1, -0.05) is 12.1 Å². The SMILES string of the molecule is Cc1cc(=O)c(C(=O)N2CCCC2CN)nn1-c1ccccc1F.Cl. The van der Waals surface area contributed by atoms with Crippen LogP contribution in [0.5, 0.6) is 0 Å². The smallest absolute Gasteiger partial charge is 0.278 e. The Bertz CT molecular complexity index is 840. The predicted molar refractivity (Wildman–Crippen MR) is 94.9 cm³/mol. The molecule has 1 fully saturated rings. The molecule has 3 rings (SSSR count). The predicted octanol–water partition coefficient (Wildman–Crippen LogP) is 1.67. The monoisotopic (exact) mass is 366 g/mol. The van der Waals surface area contributed by atoms with Gasteiger partial charge >= 0.3 is 0 Å². The second-order valence-corrected chi connectivity index (χ2v) is 5.89. The molecule has 1 atom stereocenters. The summed E-state index contributed by atoms with van der Waals surface area (Å²) in [6.07, 6.45) is 1.66. The van der Waals surface area contributed by atoms with E-state index in [9.17, 15) is 14.0 Å². The van der Waals surface area contributed by atoms with Gasteiger partial charge < -0.3 is 10.6 Å². The van der Waals surface area contributed by atoms with Gasteiger partial charge in [0, 0.05) is 30.9 Å². The third-order valence-electron chi connectivity index (χ3n) is 4.30. The summed E-state index contributed by atoms with van der Waals surface area (Å²) in [6.45, 7) is 2.54. The number of halogens is 2. The van der Waals surface area contributed by atoms with Crippen molar-refractivity contribution in [3.8, 4) is 5.69 Å². The van der Waals surface area contributed by atoms with Crippen LogP contribution in [-0.2, 0) is 0 Å². The Kier molecular flexibility index (Phi) is 5.92. The second kappa shape index (κ2) is 7.76. The average molecular weight is 367 g/mol. The van der Waals surface area contributed by atoms with Crippen LogP contribution in [-0.4, -0.2) is 39.7 Å². The molecule has 2 aromatic rings. The van der Waals surface area contributed by atoms with E-state index < -0.39 is 17.2 Å². The maximum atomic E-state index is 14.1. The minimum atomic E-state index is -0.476. The topological polar surface area (TPSA) is 81.2 Å². The average Bonchev–Trinajstić information content (AvgIpc) is 3.04. The summed E-state index contributed by atoms with van der Waals surface area (Å²) in [5, 5.41) is 4.15. The first-order valence-corrected chi connectivity index (χ1v) is 7.90. The quantitative estimate of drug-likeness (QED) is 0.895. The van der Waals surface area contributed by atoms with Crippen LogP contribution in [0.2, 0.25) is 0 Å². The minimum Gasteiger partial charge on any atom is -0.333 e. The summed E-state index contributed by atoms with van der Waals surface area (Å²) in [5.41, 5.74) is 5.68. The van der Waals surface area contributed by atoms with Crippen LogP contribution in [0.3, 0.4) is 0 Å². The number of para-hydroxylation sites is 1. The molecule has 2 heterocycles. The molecule has 25 heavy (non-hydrogen) atoms. The maximum absolute atomic E-state index is 14.1. The number of hydrogen-bond donors (Lipinski definition) is 1. The molecule has 1 aliphatic rings. The highest BCUT2D eigenvalue weighted by molar-refractivity contribution is 5.92. The van der Waals surface area contributed by atoms with Crippen LogP contribution >= 0.6 is 12.4 Å². The Hall–Kier alpha value is -2.25. The maximum Gasteiger partial charge on any atom is 0.278 e. The van der Waals surface area contributed by atoms with E-state index in [0.29, 0.717) is 18.8 Å². The number of carbonyl (C=O) groups excluding carboxylic acids is 1. The Labute approximate surface area is 150 Å². The van der Waals surface area contributed by atoms with Crippen molar-refractivity contribution in [3.63, 3.8) is 0 Å². The summed E-state index contributed by atoms with van der Waals surface area (Å²) in [5.74, 6) is -0.922. The zero-order chi connectivity index (χ0) is 17.3. The van der Waals surface area contributed by atoms with Gasteiger partial charge in [-0.3, -0.25) is 9.59 Å². The number of aryl methyl sites for hydroxylation is 1. The zero-order valence-electron chi connectivity index (χ0n) is 13.8. The number of nitrogens with two attached hydrogens (primary N) is 1. The van der Waals surface area contributed by atoms with E-state index in [-0.39, 0.29) is 29.8 Å². The van der Waals surface area contributed by atoms with Gasteiger partial charge in [-0.25, -0.2) is 9.07 Å². The minimum absolute atomic E-state index is 0. The van der Waals surface area contributed by atoms with Crippen molar-refractivity contribution in [1.82, 2.24) is 14.7 Å². The van der Waals surface area contributed by atoms with Crippen LogP contribution in [0.4, 0.5) is 4.39 Å². The molecule has 1 aromatic heterocycles. The molecular weight excluding hydrogens is 347 g/mol. The van der Waals surface area contributed by atoms with Gasteiger partial charge in [0.05, 0.1) is 0 Å². The number of hydrogen-bond acceptors (Lipinski definition) is 4. The molecule has 134 valence electrons. The molecule has 0 bridgehead atoms. The first kappa shape index (κ1) is 19.1. The fraction of sp³-hybridized carbons (Fsp3) is 0.353. The second-order valence-electron chi connectivity index (χ2n) is 5.89. The highest BCUT2D eigenvalue weighted by atomic mass is 35.5. The summed E-state index contributed by atoms with van der Waals surface area (Å²) in [4.78, 5) is 26.6. The van der Waals surface area contributed by atoms with E-state index in [2.05, 4.69) is 5.10 Å². The van der Waals surface area contributed by atoms with E-state index >= 15 is 0 Å². The van der Waals surface area contributed by atoms with Crippen molar-refractivity contribution in [1.29, 1.82) is 0 Å². The lowest BCUT2D eigenvalue weighted by atomic mass is 10.2. The van der Waals surface area contributed by atoms with Crippen LogP contribution < -0.4 is 11.2 Å². The lowest BCUT2D eigenvalue weighted by Gasteiger charge is -2.23. The van der Waals surface area contributed by atoms with E-state index in [1.165, 1.54) is 16.8 Å². The molecule has 0 radical (unpaired) electrons. The number of nitrogens with zero attached hydrogens (tertiary/aromatic N) is 3. The van der Waals surface area contributed by atoms with Crippen LogP contribution in [0.1, 0.15) is 29.0 Å². The van der Waals surface area contributed by atoms with Gasteiger partial charge in [0.15, 0.2) is 5.69 Å². The third-order valence-corrected chi connectivity index (χ3v) is 4.30. The van der Waals surface area contributed by atoms with Crippen molar-refractivity contribution < 1.29 is 9.18 Å². The van der Waals surface area contributed by atoms with E-state index in [1.807, 2.05) is 0 Å². The van der Waals surface area contributed by atoms with Gasteiger partial charge in [-0.2, -0.15) is 5.10 Å². The van der Waals surface area contributed by atoms with E-state index in [4.69, 9.17) is 5.73 Å². The lowest BCUT2D eigenvalue weighted by Crippen LogP contribution is -2.42. The van der Waals surface area contributed by atoms with Gasteiger partial charge in [-0.05, 0) is 31.9 Å². The number of rotatable bonds is 3. The normalized spacial score (nSPS) is 16.6. The number of benzene rings is 1. The molecule has 8 heteroatoms. The molecule has 6 nitrogen and oxygen atoms in total. The number of aromatic nitrogens is 2. The number of likely N-dealkylation sites (tertiary alicyclic amines) is 1. The van der Waals surface area contributed by atoms with E-state index in [1.54, 1.807) is 30.0 Å². The molecule has 0 aliphatic carbocycles. The molecule has 0 spiro atoms. The largest absolute Gasteiger partial charge is 0.333 e. The Morgan fingerprint density at radius 1 is 1.40 bits per heavy atom. The van der Waals surface area contributed by atoms with Crippen molar-refractivity contribution >= 4 is 18.3 Å². The third kappa shape index (κ3) is 3.57. The fourth-order valence-corrected chi connectivity index (χ4v) is 3.05. The first-order chi connectivity index (χ1) is 11.5. The fourth-order valence-electron chi connectivity index (χ4n) is 3.05. The lowest BCUT2D eigenvalue weighted by molar-refractivity contribution is 0.0731. The van der Waals surface area contributed by atoms with Crippen LogP contribution in [0, 0.1) is 12.7 Å². The highest BCUT2D eigenvalue weighted by Crippen LogP contribution is 2.18. The highest BCUT2D eigenvalue weighted by Gasteiger charge is 2.31. The molecular formula is C17H20ClFN4O2. The summed E-state index contributed by atoms with van der Waals surface area (Å²) in [6, 6.07) is 7.32. The van der Waals surface area contributed by atoms with Gasteiger partial charge in [0.1, 0.15) is 11.5 Å². The van der Waals surface area contributed by atoms with Crippen LogP contribution in [0.15, 0.2) is 35.1 Å². The van der Waals surface area contributed by atoms with Gasteiger partial charge in [-0.15, -0.1) is 12.4 Å². The first-order valence-electron chi connectivity index (χ1n) is 7.90. The molecule has 1 unspecified atom stereocenters. The number of amides is 1. The molecule has 1 aromatic carbocycles. The van der Waals surface area contributed by atoms with Gasteiger partial charge in [0.25, 0.3) is 5.91 Å². The molecule has 1 aliphatic heterocycles. The number of carbonyl (C=O) groups is 1. The Balaban J connectivity index is 0.00000225. The summed E-state index contributed by atoms with van der Waals surface area (Å²) < 4.78 is 15.3.